The average Bonchev–Trinajstić information content (AvgIpc) is 3.14. The van der Waals surface area contributed by atoms with E-state index in [0.29, 0.717) is 18.4 Å². The first-order valence-corrected chi connectivity index (χ1v) is 9.86. The predicted octanol–water partition coefficient (Wildman–Crippen LogP) is 3.05. The molecule has 1 saturated heterocycles. The molecule has 1 unspecified atom stereocenters. The van der Waals surface area contributed by atoms with Crippen LogP contribution in [0.1, 0.15) is 31.0 Å². The molecule has 6 nitrogen and oxygen atoms in total. The Labute approximate surface area is 162 Å². The van der Waals surface area contributed by atoms with E-state index < -0.39 is 0 Å². The molecule has 3 rings (SSSR count). The molecule has 1 aliphatic heterocycles. The zero-order valence-corrected chi connectivity index (χ0v) is 16.7. The fourth-order valence-electron chi connectivity index (χ4n) is 3.39. The van der Waals surface area contributed by atoms with Crippen LogP contribution in [0.3, 0.4) is 0 Å². The Bertz CT molecular complexity index is 737. The van der Waals surface area contributed by atoms with Gasteiger partial charge in [-0.05, 0) is 58.3 Å². The van der Waals surface area contributed by atoms with E-state index in [1.807, 2.05) is 12.1 Å². The second-order valence-electron chi connectivity index (χ2n) is 7.36. The van der Waals surface area contributed by atoms with Crippen LogP contribution in [0.4, 0.5) is 0 Å². The number of nitrogens with zero attached hydrogens (tertiary/aromatic N) is 3. The van der Waals surface area contributed by atoms with E-state index in [2.05, 4.69) is 58.5 Å². The average molecular weight is 370 g/mol. The number of guanidine groups is 1. The molecule has 1 aromatic carbocycles. The summed E-state index contributed by atoms with van der Waals surface area (Å²) in [5.74, 6) is 2.15. The lowest BCUT2D eigenvalue weighted by molar-refractivity contribution is 0.210. The van der Waals surface area contributed by atoms with Crippen LogP contribution in [0.2, 0.25) is 0 Å². The highest BCUT2D eigenvalue weighted by molar-refractivity contribution is 5.79. The number of aryl methyl sites for hydroxylation is 1. The molecule has 1 fully saturated rings. The maximum absolute atomic E-state index is 5.62. The van der Waals surface area contributed by atoms with Gasteiger partial charge in [0.2, 0.25) is 5.89 Å². The summed E-state index contributed by atoms with van der Waals surface area (Å²) in [5.41, 5.74) is 3.04. The van der Waals surface area contributed by atoms with Gasteiger partial charge in [0.05, 0.1) is 6.54 Å². The van der Waals surface area contributed by atoms with Crippen LogP contribution in [0, 0.1) is 12.8 Å². The first-order chi connectivity index (χ1) is 13.1. The number of hydrogen-bond acceptors (Lipinski definition) is 4. The van der Waals surface area contributed by atoms with Gasteiger partial charge in [-0.1, -0.05) is 17.7 Å². The van der Waals surface area contributed by atoms with Crippen molar-refractivity contribution in [2.45, 2.75) is 33.2 Å². The van der Waals surface area contributed by atoms with E-state index in [1.54, 1.807) is 6.26 Å². The van der Waals surface area contributed by atoms with Crippen LogP contribution < -0.4 is 10.6 Å². The van der Waals surface area contributed by atoms with Gasteiger partial charge >= 0.3 is 0 Å². The van der Waals surface area contributed by atoms with Crippen LogP contribution in [-0.2, 0) is 6.54 Å². The van der Waals surface area contributed by atoms with Crippen molar-refractivity contribution in [3.63, 3.8) is 0 Å². The van der Waals surface area contributed by atoms with Gasteiger partial charge in [0.25, 0.3) is 0 Å². The van der Waals surface area contributed by atoms with Crippen LogP contribution >= 0.6 is 0 Å². The Morgan fingerprint density at radius 2 is 2.11 bits per heavy atom. The van der Waals surface area contributed by atoms with E-state index in [-0.39, 0.29) is 0 Å². The number of benzene rings is 1. The van der Waals surface area contributed by atoms with E-state index in [1.165, 1.54) is 24.9 Å². The van der Waals surface area contributed by atoms with Gasteiger partial charge in [0.15, 0.2) is 5.96 Å². The maximum Gasteiger partial charge on any atom is 0.226 e. The molecule has 2 N–H and O–H groups in total. The quantitative estimate of drug-likeness (QED) is 0.605. The van der Waals surface area contributed by atoms with Gasteiger partial charge in [-0.25, -0.2) is 9.98 Å². The van der Waals surface area contributed by atoms with E-state index in [9.17, 15) is 0 Å². The topological polar surface area (TPSA) is 65.7 Å². The predicted molar refractivity (Wildman–Crippen MR) is 110 cm³/mol. The summed E-state index contributed by atoms with van der Waals surface area (Å²) in [6, 6.07) is 8.18. The summed E-state index contributed by atoms with van der Waals surface area (Å²) in [7, 11) is 2.20. The van der Waals surface area contributed by atoms with Crippen molar-refractivity contribution in [1.82, 2.24) is 20.5 Å². The number of aromatic nitrogens is 1. The Kier molecular flexibility index (Phi) is 6.87. The highest BCUT2D eigenvalue weighted by Gasteiger charge is 2.17. The van der Waals surface area contributed by atoms with E-state index >= 15 is 0 Å². The number of hydrogen-bond donors (Lipinski definition) is 2. The number of piperidine rings is 1. The van der Waals surface area contributed by atoms with E-state index in [4.69, 9.17) is 4.42 Å². The van der Waals surface area contributed by atoms with Crippen molar-refractivity contribution in [1.29, 1.82) is 0 Å². The summed E-state index contributed by atoms with van der Waals surface area (Å²) in [6.45, 7) is 8.79. The summed E-state index contributed by atoms with van der Waals surface area (Å²) in [6.07, 6.45) is 4.25. The number of likely N-dealkylation sites (tertiary alicyclic amines) is 1. The van der Waals surface area contributed by atoms with Crippen LogP contribution in [0.15, 0.2) is 39.9 Å². The molecule has 1 aromatic heterocycles. The molecule has 2 aromatic rings. The third-order valence-electron chi connectivity index (χ3n) is 4.87. The zero-order chi connectivity index (χ0) is 19.1. The monoisotopic (exact) mass is 369 g/mol. The molecule has 6 heteroatoms. The second-order valence-corrected chi connectivity index (χ2v) is 7.36. The van der Waals surface area contributed by atoms with Crippen molar-refractivity contribution in [3.05, 3.63) is 41.8 Å². The minimum absolute atomic E-state index is 0.495. The van der Waals surface area contributed by atoms with Crippen molar-refractivity contribution in [3.8, 4) is 11.5 Å². The molecule has 0 bridgehead atoms. The number of nitrogens with one attached hydrogen (secondary N) is 2. The van der Waals surface area contributed by atoms with Crippen molar-refractivity contribution >= 4 is 5.96 Å². The van der Waals surface area contributed by atoms with Gasteiger partial charge in [-0.2, -0.15) is 0 Å². The van der Waals surface area contributed by atoms with Crippen molar-refractivity contribution < 1.29 is 4.42 Å². The van der Waals surface area contributed by atoms with Gasteiger partial charge < -0.3 is 20.0 Å². The maximum atomic E-state index is 5.62. The SMILES string of the molecule is CCNC(=NCc1coc(-c2ccc(C)cc2)n1)NCC1CCCN(C)C1. The zero-order valence-electron chi connectivity index (χ0n) is 16.7. The standard InChI is InChI=1S/C21H31N5O/c1-4-22-21(23-12-17-6-5-11-26(3)14-17)24-13-19-15-27-20(25-19)18-9-7-16(2)8-10-18/h7-10,15,17H,4-6,11-14H2,1-3H3,(H2,22,23,24). The lowest BCUT2D eigenvalue weighted by Gasteiger charge is -2.30. The first kappa shape index (κ1) is 19.4. The summed E-state index contributed by atoms with van der Waals surface area (Å²) in [5, 5.41) is 6.79. The molecule has 1 atom stereocenters. The Hall–Kier alpha value is -2.34. The summed E-state index contributed by atoms with van der Waals surface area (Å²) >= 11 is 0. The summed E-state index contributed by atoms with van der Waals surface area (Å²) in [4.78, 5) is 11.6. The van der Waals surface area contributed by atoms with Gasteiger partial charge in [0, 0.05) is 25.2 Å². The third kappa shape index (κ3) is 5.82. The normalized spacial score (nSPS) is 18.5. The minimum atomic E-state index is 0.495. The highest BCUT2D eigenvalue weighted by atomic mass is 16.3. The molecule has 146 valence electrons. The Morgan fingerprint density at radius 1 is 1.30 bits per heavy atom. The fourth-order valence-corrected chi connectivity index (χ4v) is 3.39. The number of rotatable bonds is 6. The minimum Gasteiger partial charge on any atom is -0.444 e. The second kappa shape index (κ2) is 9.55. The largest absolute Gasteiger partial charge is 0.444 e. The van der Waals surface area contributed by atoms with Crippen molar-refractivity contribution in [2.75, 3.05) is 33.2 Å². The summed E-state index contributed by atoms with van der Waals surface area (Å²) < 4.78 is 5.62. The third-order valence-corrected chi connectivity index (χ3v) is 4.87. The lowest BCUT2D eigenvalue weighted by atomic mass is 9.99. The van der Waals surface area contributed by atoms with Crippen LogP contribution in [-0.4, -0.2) is 49.1 Å². The molecule has 0 saturated carbocycles. The van der Waals surface area contributed by atoms with Crippen LogP contribution in [0.25, 0.3) is 11.5 Å². The van der Waals surface area contributed by atoms with Gasteiger partial charge in [-0.3, -0.25) is 0 Å². The molecule has 0 radical (unpaired) electrons. The fraction of sp³-hybridized carbons (Fsp3) is 0.524. The highest BCUT2D eigenvalue weighted by Crippen LogP contribution is 2.19. The lowest BCUT2D eigenvalue weighted by Crippen LogP contribution is -2.43. The Morgan fingerprint density at radius 3 is 2.85 bits per heavy atom. The molecular weight excluding hydrogens is 338 g/mol. The number of aliphatic imine (C=N–C) groups is 1. The molecule has 27 heavy (non-hydrogen) atoms. The van der Waals surface area contributed by atoms with Gasteiger partial charge in [-0.15, -0.1) is 0 Å². The smallest absolute Gasteiger partial charge is 0.226 e. The molecule has 1 aliphatic rings. The van der Waals surface area contributed by atoms with Gasteiger partial charge in [0.1, 0.15) is 12.0 Å². The molecule has 0 amide bonds. The number of oxazole rings is 1. The Balaban J connectivity index is 1.57. The molecule has 0 spiro atoms. The van der Waals surface area contributed by atoms with E-state index in [0.717, 1.165) is 36.9 Å². The first-order valence-electron chi connectivity index (χ1n) is 9.86. The van der Waals surface area contributed by atoms with Crippen molar-refractivity contribution in [2.24, 2.45) is 10.9 Å². The van der Waals surface area contributed by atoms with Crippen LogP contribution in [0.5, 0.6) is 0 Å². The molecule has 2 heterocycles. The molecule has 0 aliphatic carbocycles. The molecular formula is C21H31N5O.